The Balaban J connectivity index is 1.48. The van der Waals surface area contributed by atoms with Crippen molar-refractivity contribution in [3.63, 3.8) is 0 Å². The van der Waals surface area contributed by atoms with Gasteiger partial charge in [-0.25, -0.2) is 0 Å². The Bertz CT molecular complexity index is 2440. The van der Waals surface area contributed by atoms with Gasteiger partial charge in [0.2, 0.25) is 0 Å². The van der Waals surface area contributed by atoms with Crippen molar-refractivity contribution in [2.24, 2.45) is 0 Å². The number of furan rings is 1. The van der Waals surface area contributed by atoms with Crippen LogP contribution in [0.25, 0.3) is 87.6 Å². The molecule has 9 rings (SSSR count). The predicted octanol–water partition coefficient (Wildman–Crippen LogP) is 12.0. The molecule has 1 heterocycles. The molecule has 0 aliphatic carbocycles. The van der Waals surface area contributed by atoms with Crippen LogP contribution in [0.1, 0.15) is 0 Å². The second kappa shape index (κ2) is 9.44. The van der Waals surface area contributed by atoms with Gasteiger partial charge in [-0.15, -0.1) is 0 Å². The lowest BCUT2D eigenvalue weighted by atomic mass is 9.82. The van der Waals surface area contributed by atoms with E-state index in [9.17, 15) is 0 Å². The molecule has 8 aromatic carbocycles. The van der Waals surface area contributed by atoms with Gasteiger partial charge in [-0.1, -0.05) is 146 Å². The van der Waals surface area contributed by atoms with Crippen LogP contribution in [0.4, 0.5) is 0 Å². The van der Waals surface area contributed by atoms with Crippen LogP contribution in [0.15, 0.2) is 162 Å². The summed E-state index contributed by atoms with van der Waals surface area (Å²) in [6.07, 6.45) is 0. The van der Waals surface area contributed by atoms with E-state index >= 15 is 0 Å². The van der Waals surface area contributed by atoms with Gasteiger partial charge >= 0.3 is 0 Å². The van der Waals surface area contributed by atoms with Crippen molar-refractivity contribution in [2.75, 3.05) is 0 Å². The first kappa shape index (κ1) is 24.0. The van der Waals surface area contributed by atoms with E-state index in [1.807, 2.05) is 0 Å². The first-order chi connectivity index (χ1) is 21.4. The number of rotatable bonds is 3. The van der Waals surface area contributed by atoms with E-state index in [0.717, 1.165) is 21.9 Å². The zero-order chi connectivity index (χ0) is 28.3. The second-order valence-corrected chi connectivity index (χ2v) is 11.2. The molecule has 200 valence electrons. The van der Waals surface area contributed by atoms with Crippen LogP contribution >= 0.6 is 0 Å². The zero-order valence-corrected chi connectivity index (χ0v) is 23.4. The van der Waals surface area contributed by atoms with Crippen molar-refractivity contribution in [3.05, 3.63) is 158 Å². The molecule has 0 fully saturated rings. The zero-order valence-electron chi connectivity index (χ0n) is 23.4. The molecular weight excluding hydrogens is 520 g/mol. The fraction of sp³-hybridized carbons (Fsp3) is 0. The first-order valence-corrected chi connectivity index (χ1v) is 14.8. The van der Waals surface area contributed by atoms with Crippen LogP contribution in [-0.2, 0) is 0 Å². The molecule has 0 aliphatic rings. The molecule has 1 aromatic heterocycles. The first-order valence-electron chi connectivity index (χ1n) is 14.8. The summed E-state index contributed by atoms with van der Waals surface area (Å²) in [4.78, 5) is 0. The third-order valence-electron chi connectivity index (χ3n) is 8.85. The highest BCUT2D eigenvalue weighted by Gasteiger charge is 2.22. The number of hydrogen-bond acceptors (Lipinski definition) is 1. The second-order valence-electron chi connectivity index (χ2n) is 11.2. The van der Waals surface area contributed by atoms with Crippen LogP contribution < -0.4 is 0 Å². The lowest BCUT2D eigenvalue weighted by Gasteiger charge is -2.20. The van der Waals surface area contributed by atoms with E-state index in [-0.39, 0.29) is 0 Å². The van der Waals surface area contributed by atoms with Gasteiger partial charge in [0, 0.05) is 16.2 Å². The highest BCUT2D eigenvalue weighted by Crippen LogP contribution is 2.49. The van der Waals surface area contributed by atoms with E-state index in [2.05, 4.69) is 158 Å². The fourth-order valence-corrected chi connectivity index (χ4v) is 7.04. The molecule has 0 radical (unpaired) electrons. The highest BCUT2D eigenvalue weighted by atomic mass is 16.3. The number of hydrogen-bond donors (Lipinski definition) is 0. The molecule has 0 N–H and O–H groups in total. The number of fused-ring (bicyclic) bond motifs is 7. The monoisotopic (exact) mass is 546 g/mol. The van der Waals surface area contributed by atoms with Crippen LogP contribution in [-0.4, -0.2) is 0 Å². The number of para-hydroxylation sites is 1. The highest BCUT2D eigenvalue weighted by molar-refractivity contribution is 6.29. The van der Waals surface area contributed by atoms with Gasteiger partial charge in [0.1, 0.15) is 11.2 Å². The molecule has 1 nitrogen and oxygen atoms in total. The van der Waals surface area contributed by atoms with E-state index < -0.39 is 0 Å². The molecule has 0 saturated carbocycles. The Hall–Kier alpha value is -5.66. The largest absolute Gasteiger partial charge is 0.455 e. The normalized spacial score (nSPS) is 11.7. The van der Waals surface area contributed by atoms with Crippen molar-refractivity contribution < 1.29 is 4.42 Å². The minimum atomic E-state index is 0.914. The van der Waals surface area contributed by atoms with Gasteiger partial charge < -0.3 is 4.42 Å². The van der Waals surface area contributed by atoms with Gasteiger partial charge in [-0.3, -0.25) is 0 Å². The minimum Gasteiger partial charge on any atom is -0.455 e. The van der Waals surface area contributed by atoms with Crippen LogP contribution in [0.3, 0.4) is 0 Å². The third-order valence-corrected chi connectivity index (χ3v) is 8.85. The molecule has 9 aromatic rings. The Kier molecular flexibility index (Phi) is 5.27. The molecule has 1 heteroatoms. The molecule has 0 saturated heterocycles. The lowest BCUT2D eigenvalue weighted by Crippen LogP contribution is -1.93. The smallest absolute Gasteiger partial charge is 0.143 e. The van der Waals surface area contributed by atoms with Crippen molar-refractivity contribution in [2.45, 2.75) is 0 Å². The van der Waals surface area contributed by atoms with E-state index in [1.165, 1.54) is 65.7 Å². The van der Waals surface area contributed by atoms with Gasteiger partial charge in [0.25, 0.3) is 0 Å². The summed E-state index contributed by atoms with van der Waals surface area (Å²) in [7, 11) is 0. The van der Waals surface area contributed by atoms with Crippen LogP contribution in [0, 0.1) is 0 Å². The van der Waals surface area contributed by atoms with Crippen molar-refractivity contribution >= 4 is 54.3 Å². The maximum atomic E-state index is 6.61. The molecule has 0 aliphatic heterocycles. The van der Waals surface area contributed by atoms with Gasteiger partial charge in [-0.2, -0.15) is 0 Å². The summed E-state index contributed by atoms with van der Waals surface area (Å²) in [5.74, 6) is 0. The quantitative estimate of drug-likeness (QED) is 0.201. The molecule has 0 amide bonds. The average Bonchev–Trinajstić information content (AvgIpc) is 3.48. The summed E-state index contributed by atoms with van der Waals surface area (Å²) in [6.45, 7) is 0. The van der Waals surface area contributed by atoms with E-state index in [0.29, 0.717) is 0 Å². The molecule has 43 heavy (non-hydrogen) atoms. The Labute approximate surface area is 249 Å². The molecule has 0 atom stereocenters. The third kappa shape index (κ3) is 3.58. The molecule has 0 bridgehead atoms. The van der Waals surface area contributed by atoms with Crippen molar-refractivity contribution in [3.8, 4) is 33.4 Å². The Morgan fingerprint density at radius 3 is 1.51 bits per heavy atom. The van der Waals surface area contributed by atoms with Gasteiger partial charge in [0.05, 0.1) is 0 Å². The van der Waals surface area contributed by atoms with Crippen LogP contribution in [0.5, 0.6) is 0 Å². The van der Waals surface area contributed by atoms with Crippen molar-refractivity contribution in [1.29, 1.82) is 0 Å². The van der Waals surface area contributed by atoms with E-state index in [4.69, 9.17) is 4.42 Å². The molecule has 0 unspecified atom stereocenters. The predicted molar refractivity (Wildman–Crippen MR) is 183 cm³/mol. The standard InChI is InChI=1S/C42H26O/c1-2-14-27(15-3-1)29-17-6-7-19-31(29)39-32-20-8-10-22-34(32)40(35-23-11-9-21-33(35)39)37-26-28-16-4-5-18-30(28)42-41(37)36-24-12-13-25-38(36)43-42/h1-26H. The lowest BCUT2D eigenvalue weighted by molar-refractivity contribution is 0.673. The SMILES string of the molecule is c1ccc(-c2ccccc2-c2c3ccccc3c(-c3cc4ccccc4c4oc5ccccc5c34)c3ccccc23)cc1. The van der Waals surface area contributed by atoms with Gasteiger partial charge in [0.15, 0.2) is 0 Å². The molecular formula is C42H26O. The average molecular weight is 547 g/mol. The summed E-state index contributed by atoms with van der Waals surface area (Å²) in [5.41, 5.74) is 9.27. The maximum Gasteiger partial charge on any atom is 0.143 e. The Morgan fingerprint density at radius 2 is 0.837 bits per heavy atom. The fourth-order valence-electron chi connectivity index (χ4n) is 7.04. The maximum absolute atomic E-state index is 6.61. The summed E-state index contributed by atoms with van der Waals surface area (Å²) >= 11 is 0. The van der Waals surface area contributed by atoms with E-state index in [1.54, 1.807) is 0 Å². The molecule has 0 spiro atoms. The minimum absolute atomic E-state index is 0.914. The summed E-state index contributed by atoms with van der Waals surface area (Å²) < 4.78 is 6.61. The number of benzene rings is 8. The summed E-state index contributed by atoms with van der Waals surface area (Å²) in [6, 6.07) is 56.7. The topological polar surface area (TPSA) is 13.1 Å². The van der Waals surface area contributed by atoms with Crippen molar-refractivity contribution in [1.82, 2.24) is 0 Å². The van der Waals surface area contributed by atoms with Gasteiger partial charge in [-0.05, 0) is 72.4 Å². The Morgan fingerprint density at radius 1 is 0.349 bits per heavy atom. The van der Waals surface area contributed by atoms with Crippen LogP contribution in [0.2, 0.25) is 0 Å². The summed E-state index contributed by atoms with van der Waals surface area (Å²) in [5, 5.41) is 9.59.